The number of pyridine rings is 1. The predicted molar refractivity (Wildman–Crippen MR) is 62.7 cm³/mol. The average molecular weight is 236 g/mol. The molecular formula is C12H16N2O3. The van der Waals surface area contributed by atoms with Gasteiger partial charge in [0, 0.05) is 24.9 Å². The molecule has 0 bridgehead atoms. The molecule has 1 unspecified atom stereocenters. The third-order valence-corrected chi connectivity index (χ3v) is 2.39. The second-order valence-electron chi connectivity index (χ2n) is 4.05. The van der Waals surface area contributed by atoms with Crippen LogP contribution in [0.15, 0.2) is 18.3 Å². The number of carboxylic acids is 1. The summed E-state index contributed by atoms with van der Waals surface area (Å²) in [4.78, 5) is 26.2. The highest BCUT2D eigenvalue weighted by Crippen LogP contribution is 2.04. The number of carbonyl (C=O) groups is 2. The predicted octanol–water partition coefficient (Wildman–Crippen LogP) is 1.23. The third-order valence-electron chi connectivity index (χ3n) is 2.39. The SMILES string of the molecule is Cc1ncccc1C(=O)NCC(C)CC(=O)O. The zero-order valence-corrected chi connectivity index (χ0v) is 9.93. The van der Waals surface area contributed by atoms with E-state index in [1.807, 2.05) is 0 Å². The molecule has 1 rings (SSSR count). The van der Waals surface area contributed by atoms with Gasteiger partial charge in [-0.25, -0.2) is 0 Å². The van der Waals surface area contributed by atoms with E-state index < -0.39 is 5.97 Å². The minimum atomic E-state index is -0.857. The minimum absolute atomic E-state index is 0.0479. The number of carbonyl (C=O) groups excluding carboxylic acids is 1. The zero-order valence-electron chi connectivity index (χ0n) is 9.93. The molecule has 1 atom stereocenters. The molecule has 1 aromatic rings. The summed E-state index contributed by atoms with van der Waals surface area (Å²) in [7, 11) is 0. The van der Waals surface area contributed by atoms with Crippen molar-refractivity contribution in [3.8, 4) is 0 Å². The van der Waals surface area contributed by atoms with Crippen molar-refractivity contribution in [2.75, 3.05) is 6.54 Å². The zero-order chi connectivity index (χ0) is 12.8. The summed E-state index contributed by atoms with van der Waals surface area (Å²) in [6.45, 7) is 3.89. The van der Waals surface area contributed by atoms with Crippen LogP contribution in [0.5, 0.6) is 0 Å². The van der Waals surface area contributed by atoms with Gasteiger partial charge in [-0.2, -0.15) is 0 Å². The molecular weight excluding hydrogens is 220 g/mol. The number of hydrogen-bond donors (Lipinski definition) is 2. The molecule has 0 aromatic carbocycles. The smallest absolute Gasteiger partial charge is 0.303 e. The van der Waals surface area contributed by atoms with E-state index in [2.05, 4.69) is 10.3 Å². The molecule has 0 saturated carbocycles. The summed E-state index contributed by atoms with van der Waals surface area (Å²) in [5.74, 6) is -1.16. The van der Waals surface area contributed by atoms with Crippen molar-refractivity contribution in [1.29, 1.82) is 0 Å². The average Bonchev–Trinajstić information content (AvgIpc) is 2.25. The molecule has 5 nitrogen and oxygen atoms in total. The fourth-order valence-corrected chi connectivity index (χ4v) is 1.46. The van der Waals surface area contributed by atoms with Crippen molar-refractivity contribution < 1.29 is 14.7 Å². The molecule has 17 heavy (non-hydrogen) atoms. The minimum Gasteiger partial charge on any atom is -0.481 e. The lowest BCUT2D eigenvalue weighted by Crippen LogP contribution is -2.29. The molecule has 0 aliphatic rings. The molecule has 0 aliphatic carbocycles. The first kappa shape index (κ1) is 13.2. The van der Waals surface area contributed by atoms with Gasteiger partial charge in [-0.15, -0.1) is 0 Å². The Kier molecular flexibility index (Phi) is 4.63. The number of nitrogens with zero attached hydrogens (tertiary/aromatic N) is 1. The fourth-order valence-electron chi connectivity index (χ4n) is 1.46. The number of nitrogens with one attached hydrogen (secondary N) is 1. The molecule has 1 aromatic heterocycles. The van der Waals surface area contributed by atoms with E-state index in [0.29, 0.717) is 17.8 Å². The molecule has 0 aliphatic heterocycles. The Bertz CT molecular complexity index is 418. The molecule has 0 saturated heterocycles. The molecule has 2 N–H and O–H groups in total. The lowest BCUT2D eigenvalue weighted by Gasteiger charge is -2.11. The molecule has 0 radical (unpaired) electrons. The third kappa shape index (κ3) is 4.22. The van der Waals surface area contributed by atoms with Crippen LogP contribution in [-0.2, 0) is 4.79 Å². The maximum absolute atomic E-state index is 11.8. The van der Waals surface area contributed by atoms with Gasteiger partial charge in [-0.1, -0.05) is 6.92 Å². The van der Waals surface area contributed by atoms with Gasteiger partial charge in [0.1, 0.15) is 0 Å². The van der Waals surface area contributed by atoms with Crippen molar-refractivity contribution in [2.45, 2.75) is 20.3 Å². The Morgan fingerprint density at radius 2 is 2.24 bits per heavy atom. The van der Waals surface area contributed by atoms with Crippen molar-refractivity contribution in [1.82, 2.24) is 10.3 Å². The largest absolute Gasteiger partial charge is 0.481 e. The number of aliphatic carboxylic acids is 1. The first-order valence-electron chi connectivity index (χ1n) is 5.42. The Hall–Kier alpha value is -1.91. The lowest BCUT2D eigenvalue weighted by atomic mass is 10.1. The number of aromatic nitrogens is 1. The summed E-state index contributed by atoms with van der Waals surface area (Å²) in [5.41, 5.74) is 1.19. The highest BCUT2D eigenvalue weighted by Gasteiger charge is 2.12. The van der Waals surface area contributed by atoms with Crippen LogP contribution >= 0.6 is 0 Å². The van der Waals surface area contributed by atoms with Crippen LogP contribution in [0, 0.1) is 12.8 Å². The lowest BCUT2D eigenvalue weighted by molar-refractivity contribution is -0.137. The molecule has 1 heterocycles. The van der Waals surface area contributed by atoms with Crippen LogP contribution < -0.4 is 5.32 Å². The fraction of sp³-hybridized carbons (Fsp3) is 0.417. The van der Waals surface area contributed by atoms with E-state index in [-0.39, 0.29) is 18.2 Å². The first-order chi connectivity index (χ1) is 8.00. The second kappa shape index (κ2) is 5.98. The van der Waals surface area contributed by atoms with Crippen LogP contribution in [0.1, 0.15) is 29.4 Å². The maximum Gasteiger partial charge on any atom is 0.303 e. The van der Waals surface area contributed by atoms with Crippen molar-refractivity contribution in [2.24, 2.45) is 5.92 Å². The van der Waals surface area contributed by atoms with E-state index in [1.165, 1.54) is 0 Å². The van der Waals surface area contributed by atoms with Crippen LogP contribution in [0.2, 0.25) is 0 Å². The van der Waals surface area contributed by atoms with Crippen molar-refractivity contribution in [3.05, 3.63) is 29.6 Å². The quantitative estimate of drug-likeness (QED) is 0.805. The summed E-state index contributed by atoms with van der Waals surface area (Å²) in [5, 5.41) is 11.3. The van der Waals surface area contributed by atoms with E-state index in [9.17, 15) is 9.59 Å². The summed E-state index contributed by atoms with van der Waals surface area (Å²) in [6.07, 6.45) is 1.67. The van der Waals surface area contributed by atoms with Gasteiger partial charge in [-0.05, 0) is 25.0 Å². The molecule has 92 valence electrons. The summed E-state index contributed by atoms with van der Waals surface area (Å²) >= 11 is 0. The van der Waals surface area contributed by atoms with Crippen molar-refractivity contribution >= 4 is 11.9 Å². The molecule has 0 fully saturated rings. The van der Waals surface area contributed by atoms with Crippen LogP contribution in [0.25, 0.3) is 0 Å². The van der Waals surface area contributed by atoms with Gasteiger partial charge in [0.25, 0.3) is 5.91 Å². The van der Waals surface area contributed by atoms with Gasteiger partial charge in [0.2, 0.25) is 0 Å². The number of carboxylic acid groups (broad SMARTS) is 1. The van der Waals surface area contributed by atoms with Gasteiger partial charge in [-0.3, -0.25) is 14.6 Å². The molecule has 0 spiro atoms. The van der Waals surface area contributed by atoms with Gasteiger partial charge >= 0.3 is 5.97 Å². The van der Waals surface area contributed by atoms with Gasteiger partial charge in [0.05, 0.1) is 5.56 Å². The van der Waals surface area contributed by atoms with E-state index in [1.54, 1.807) is 32.2 Å². The van der Waals surface area contributed by atoms with E-state index in [4.69, 9.17) is 5.11 Å². The van der Waals surface area contributed by atoms with Crippen LogP contribution in [0.3, 0.4) is 0 Å². The Balaban J connectivity index is 2.51. The number of hydrogen-bond acceptors (Lipinski definition) is 3. The van der Waals surface area contributed by atoms with Crippen LogP contribution in [-0.4, -0.2) is 28.5 Å². The van der Waals surface area contributed by atoms with Gasteiger partial charge < -0.3 is 10.4 Å². The normalized spacial score (nSPS) is 11.9. The molecule has 5 heteroatoms. The first-order valence-corrected chi connectivity index (χ1v) is 5.42. The number of amides is 1. The van der Waals surface area contributed by atoms with Gasteiger partial charge in [0.15, 0.2) is 0 Å². The second-order valence-corrected chi connectivity index (χ2v) is 4.05. The topological polar surface area (TPSA) is 79.3 Å². The van der Waals surface area contributed by atoms with Crippen LogP contribution in [0.4, 0.5) is 0 Å². The van der Waals surface area contributed by atoms with E-state index >= 15 is 0 Å². The number of rotatable bonds is 5. The standard InChI is InChI=1S/C12H16N2O3/c1-8(6-11(15)16)7-14-12(17)10-4-3-5-13-9(10)2/h3-5,8H,6-7H2,1-2H3,(H,14,17)(H,15,16). The van der Waals surface area contributed by atoms with Crippen molar-refractivity contribution in [3.63, 3.8) is 0 Å². The van der Waals surface area contributed by atoms with E-state index in [0.717, 1.165) is 0 Å². The highest BCUT2D eigenvalue weighted by atomic mass is 16.4. The summed E-state index contributed by atoms with van der Waals surface area (Å²) < 4.78 is 0. The number of aryl methyl sites for hydroxylation is 1. The monoisotopic (exact) mass is 236 g/mol. The summed E-state index contributed by atoms with van der Waals surface area (Å²) in [6, 6.07) is 3.39. The molecule has 1 amide bonds. The Labute approximate surface area is 99.9 Å². The maximum atomic E-state index is 11.8. The highest BCUT2D eigenvalue weighted by molar-refractivity contribution is 5.95. The Morgan fingerprint density at radius 3 is 2.82 bits per heavy atom. The Morgan fingerprint density at radius 1 is 1.53 bits per heavy atom.